The number of carboxylic acid groups (broad SMARTS) is 1. The van der Waals surface area contributed by atoms with Crippen molar-refractivity contribution in [3.8, 4) is 0 Å². The summed E-state index contributed by atoms with van der Waals surface area (Å²) >= 11 is 1.60. The van der Waals surface area contributed by atoms with Crippen LogP contribution in [0.15, 0.2) is 11.6 Å². The molecule has 0 spiro atoms. The smallest absolute Gasteiger partial charge is 0.407 e. The summed E-state index contributed by atoms with van der Waals surface area (Å²) < 4.78 is 2.42. The number of hydrogen-bond acceptors (Lipinski definition) is 6. The number of aryl methyl sites for hydroxylation is 1. The van der Waals surface area contributed by atoms with Crippen molar-refractivity contribution in [1.29, 1.82) is 0 Å². The van der Waals surface area contributed by atoms with Crippen LogP contribution in [0.4, 0.5) is 4.79 Å². The van der Waals surface area contributed by atoms with Gasteiger partial charge in [0.25, 0.3) is 0 Å². The van der Waals surface area contributed by atoms with Gasteiger partial charge in [0.2, 0.25) is 5.91 Å². The maximum absolute atomic E-state index is 11.7. The van der Waals surface area contributed by atoms with E-state index in [2.05, 4.69) is 26.7 Å². The molecule has 5 heterocycles. The monoisotopic (exact) mass is 472 g/mol. The molecule has 2 aromatic heterocycles. The molecule has 2 unspecified atom stereocenters. The molecule has 178 valence electrons. The van der Waals surface area contributed by atoms with Gasteiger partial charge in [-0.05, 0) is 39.0 Å². The van der Waals surface area contributed by atoms with Crippen LogP contribution < -0.4 is 5.32 Å². The number of nitrogens with zero attached hydrogens (tertiary/aromatic N) is 5. The topological polar surface area (TPSA) is 104 Å². The summed E-state index contributed by atoms with van der Waals surface area (Å²) in [5.41, 5.74) is 2.16. The second-order valence-electron chi connectivity index (χ2n) is 9.54. The van der Waals surface area contributed by atoms with E-state index in [0.29, 0.717) is 31.2 Å². The zero-order valence-corrected chi connectivity index (χ0v) is 20.1. The third kappa shape index (κ3) is 4.38. The Morgan fingerprint density at radius 3 is 2.67 bits per heavy atom. The number of fused-ring (bicyclic) bond motifs is 3. The predicted molar refractivity (Wildman–Crippen MR) is 124 cm³/mol. The molecule has 0 radical (unpaired) electrons. The van der Waals surface area contributed by atoms with Gasteiger partial charge < -0.3 is 19.9 Å². The fraction of sp³-hybridized carbons (Fsp3) is 0.652. The molecule has 0 aromatic carbocycles. The van der Waals surface area contributed by atoms with Crippen molar-refractivity contribution in [2.24, 2.45) is 0 Å². The van der Waals surface area contributed by atoms with Crippen molar-refractivity contribution in [3.05, 3.63) is 33.8 Å². The molecule has 2 bridgehead atoms. The lowest BCUT2D eigenvalue weighted by Gasteiger charge is -2.41. The number of carbonyl (C=O) groups excluding carboxylic acids is 1. The summed E-state index contributed by atoms with van der Waals surface area (Å²) in [6.45, 7) is 5.52. The van der Waals surface area contributed by atoms with E-state index in [1.165, 1.54) is 23.4 Å². The van der Waals surface area contributed by atoms with Crippen molar-refractivity contribution < 1.29 is 14.7 Å². The number of nitrogens with one attached hydrogen (secondary N) is 1. The first kappa shape index (κ1) is 22.3. The van der Waals surface area contributed by atoms with Crippen LogP contribution >= 0.6 is 11.3 Å². The minimum atomic E-state index is -0.866. The highest BCUT2D eigenvalue weighted by Crippen LogP contribution is 2.43. The van der Waals surface area contributed by atoms with Crippen molar-refractivity contribution in [3.63, 3.8) is 0 Å². The Hall–Kier alpha value is -2.46. The molecule has 2 N–H and O–H groups in total. The maximum atomic E-state index is 11.7. The molecule has 3 atom stereocenters. The number of aromatic nitrogens is 3. The molecular formula is C23H32N6O3S. The van der Waals surface area contributed by atoms with Gasteiger partial charge in [-0.25, -0.2) is 14.8 Å². The SMILES string of the molecule is CC(=O)N[C@@H](CCN1C2CCC1CC(n1c(C)nc3c1CCN(C(=O)O)C3)C2)c1nccs1. The quantitative estimate of drug-likeness (QED) is 0.670. The summed E-state index contributed by atoms with van der Waals surface area (Å²) in [6.07, 6.45) is 7.18. The second-order valence-corrected chi connectivity index (χ2v) is 10.5. The molecule has 9 nitrogen and oxygen atoms in total. The van der Waals surface area contributed by atoms with E-state index in [0.717, 1.165) is 48.8 Å². The maximum Gasteiger partial charge on any atom is 0.407 e. The second kappa shape index (κ2) is 9.06. The molecule has 0 saturated carbocycles. The van der Waals surface area contributed by atoms with Crippen molar-refractivity contribution in [1.82, 2.24) is 29.7 Å². The van der Waals surface area contributed by atoms with E-state index in [1.54, 1.807) is 24.5 Å². The van der Waals surface area contributed by atoms with E-state index < -0.39 is 6.09 Å². The number of hydrogen-bond donors (Lipinski definition) is 2. The number of imidazole rings is 1. The molecule has 33 heavy (non-hydrogen) atoms. The minimum Gasteiger partial charge on any atom is -0.465 e. The van der Waals surface area contributed by atoms with Crippen LogP contribution in [0, 0.1) is 6.92 Å². The van der Waals surface area contributed by atoms with Crippen molar-refractivity contribution in [2.75, 3.05) is 13.1 Å². The van der Waals surface area contributed by atoms with E-state index in [1.807, 2.05) is 5.38 Å². The summed E-state index contributed by atoms with van der Waals surface area (Å²) in [4.78, 5) is 36.4. The third-order valence-corrected chi connectivity index (χ3v) is 8.42. The van der Waals surface area contributed by atoms with Crippen LogP contribution in [0.25, 0.3) is 0 Å². The Morgan fingerprint density at radius 2 is 2.03 bits per heavy atom. The van der Waals surface area contributed by atoms with E-state index >= 15 is 0 Å². The van der Waals surface area contributed by atoms with Crippen LogP contribution in [-0.2, 0) is 17.8 Å². The Kier molecular flexibility index (Phi) is 6.13. The first-order valence-corrected chi connectivity index (χ1v) is 12.7. The van der Waals surface area contributed by atoms with Crippen LogP contribution in [0.2, 0.25) is 0 Å². The molecule has 10 heteroatoms. The molecule has 3 aliphatic rings. The number of piperidine rings is 1. The fourth-order valence-electron chi connectivity index (χ4n) is 6.20. The number of rotatable bonds is 6. The van der Waals surface area contributed by atoms with Crippen molar-refractivity contribution >= 4 is 23.3 Å². The van der Waals surface area contributed by atoms with Gasteiger partial charge in [0.15, 0.2) is 0 Å². The summed E-state index contributed by atoms with van der Waals surface area (Å²) in [5.74, 6) is 0.998. The summed E-state index contributed by atoms with van der Waals surface area (Å²) in [6, 6.07) is 1.48. The zero-order chi connectivity index (χ0) is 23.1. The van der Waals surface area contributed by atoms with E-state index in [-0.39, 0.29) is 11.9 Å². The standard InChI is InChI=1S/C23H32N6O3S/c1-14-25-20-13-27(23(31)32)8-6-21(20)29(14)18-11-16-3-4-17(12-18)28(16)9-5-19(26-15(2)30)22-24-7-10-33-22/h7,10,16-19H,3-6,8-9,11-13H2,1-2H3,(H,26,30)(H,31,32)/t16?,17?,18?,19-/m0/s1. The van der Waals surface area contributed by atoms with Gasteiger partial charge in [-0.2, -0.15) is 0 Å². The van der Waals surface area contributed by atoms with Gasteiger partial charge in [0.05, 0.1) is 18.3 Å². The van der Waals surface area contributed by atoms with Crippen LogP contribution in [0.3, 0.4) is 0 Å². The third-order valence-electron chi connectivity index (χ3n) is 7.53. The molecule has 5 rings (SSSR count). The van der Waals surface area contributed by atoms with Crippen LogP contribution in [0.1, 0.15) is 73.3 Å². The average molecular weight is 473 g/mol. The normalized spacial score (nSPS) is 25.6. The van der Waals surface area contributed by atoms with Gasteiger partial charge in [-0.15, -0.1) is 11.3 Å². The highest BCUT2D eigenvalue weighted by molar-refractivity contribution is 7.09. The first-order chi connectivity index (χ1) is 15.9. The lowest BCUT2D eigenvalue weighted by atomic mass is 9.95. The van der Waals surface area contributed by atoms with E-state index in [9.17, 15) is 14.7 Å². The molecule has 2 aromatic rings. The average Bonchev–Trinajstić information content (AvgIpc) is 3.46. The Labute approximate surface area is 197 Å². The highest BCUT2D eigenvalue weighted by atomic mass is 32.1. The largest absolute Gasteiger partial charge is 0.465 e. The predicted octanol–water partition coefficient (Wildman–Crippen LogP) is 3.12. The zero-order valence-electron chi connectivity index (χ0n) is 19.2. The van der Waals surface area contributed by atoms with Gasteiger partial charge >= 0.3 is 6.09 Å². The van der Waals surface area contributed by atoms with Crippen LogP contribution in [-0.4, -0.2) is 66.6 Å². The summed E-state index contributed by atoms with van der Waals surface area (Å²) in [5, 5.41) is 15.4. The summed E-state index contributed by atoms with van der Waals surface area (Å²) in [7, 11) is 0. The molecule has 0 aliphatic carbocycles. The number of thiazole rings is 1. The molecule has 2 saturated heterocycles. The fourth-order valence-corrected chi connectivity index (χ4v) is 6.92. The number of amides is 2. The lowest BCUT2D eigenvalue weighted by molar-refractivity contribution is -0.119. The van der Waals surface area contributed by atoms with E-state index in [4.69, 9.17) is 4.98 Å². The Bertz CT molecular complexity index is 1010. The van der Waals surface area contributed by atoms with Gasteiger partial charge in [0.1, 0.15) is 10.8 Å². The molecule has 2 amide bonds. The van der Waals surface area contributed by atoms with Crippen molar-refractivity contribution in [2.45, 2.75) is 83.1 Å². The number of carbonyl (C=O) groups is 2. The molecule has 3 aliphatic heterocycles. The Morgan fingerprint density at radius 1 is 1.27 bits per heavy atom. The lowest BCUT2D eigenvalue weighted by Crippen LogP contribution is -2.45. The van der Waals surface area contributed by atoms with Gasteiger partial charge in [-0.3, -0.25) is 9.69 Å². The van der Waals surface area contributed by atoms with Crippen LogP contribution in [0.5, 0.6) is 0 Å². The first-order valence-electron chi connectivity index (χ1n) is 11.9. The van der Waals surface area contributed by atoms with Gasteiger partial charge in [0, 0.05) is 61.8 Å². The minimum absolute atomic E-state index is 0.0151. The highest BCUT2D eigenvalue weighted by Gasteiger charge is 2.42. The Balaban J connectivity index is 1.27. The molecule has 2 fully saturated rings. The molecular weight excluding hydrogens is 440 g/mol. The van der Waals surface area contributed by atoms with Gasteiger partial charge in [-0.1, -0.05) is 0 Å².